The Morgan fingerprint density at radius 1 is 1.07 bits per heavy atom. The van der Waals surface area contributed by atoms with Crippen LogP contribution in [0.2, 0.25) is 0 Å². The fraction of sp³-hybridized carbons (Fsp3) is 0.391. The molecule has 1 atom stereocenters. The van der Waals surface area contributed by atoms with Crippen molar-refractivity contribution in [1.29, 1.82) is 0 Å². The lowest BCUT2D eigenvalue weighted by Gasteiger charge is -2.33. The van der Waals surface area contributed by atoms with Crippen molar-refractivity contribution in [3.05, 3.63) is 65.7 Å². The van der Waals surface area contributed by atoms with Crippen LogP contribution in [-0.4, -0.2) is 55.6 Å². The fourth-order valence-corrected chi connectivity index (χ4v) is 4.13. The Labute approximate surface area is 172 Å². The number of piperazine rings is 1. The molecule has 152 valence electrons. The average molecular weight is 394 g/mol. The van der Waals surface area contributed by atoms with Gasteiger partial charge in [-0.3, -0.25) is 4.79 Å². The zero-order valence-electron chi connectivity index (χ0n) is 16.9. The van der Waals surface area contributed by atoms with E-state index >= 15 is 0 Å². The minimum atomic E-state index is -0.133. The summed E-state index contributed by atoms with van der Waals surface area (Å²) in [6.07, 6.45) is 0.360. The van der Waals surface area contributed by atoms with Gasteiger partial charge in [0.05, 0.1) is 32.2 Å². The summed E-state index contributed by atoms with van der Waals surface area (Å²) in [7, 11) is 0. The van der Waals surface area contributed by atoms with E-state index in [1.807, 2.05) is 42.2 Å². The average Bonchev–Trinajstić information content (AvgIpc) is 3.10. The molecule has 2 aliphatic heterocycles. The lowest BCUT2D eigenvalue weighted by atomic mass is 10.2. The summed E-state index contributed by atoms with van der Waals surface area (Å²) in [5.41, 5.74) is 3.40. The number of urea groups is 1. The standard InChI is InChI=1S/C23H28N4O2/c1-18-7-9-21(10-8-18)27-17-20(15-22(27)28)24-23(29)26-13-11-25(12-14-26)16-19-5-3-2-4-6-19/h2-10,20H,11-17H2,1H3,(H,24,29)/p+1/t20-/m0/s1. The maximum Gasteiger partial charge on any atom is 0.318 e. The molecular weight excluding hydrogens is 364 g/mol. The molecule has 2 heterocycles. The summed E-state index contributed by atoms with van der Waals surface area (Å²) in [6.45, 7) is 6.95. The Morgan fingerprint density at radius 3 is 2.45 bits per heavy atom. The molecule has 2 N–H and O–H groups in total. The van der Waals surface area contributed by atoms with E-state index in [0.29, 0.717) is 13.0 Å². The van der Waals surface area contributed by atoms with Gasteiger partial charge in [0, 0.05) is 24.2 Å². The van der Waals surface area contributed by atoms with Crippen molar-refractivity contribution < 1.29 is 14.5 Å². The number of hydrogen-bond acceptors (Lipinski definition) is 2. The van der Waals surface area contributed by atoms with Gasteiger partial charge in [-0.1, -0.05) is 48.0 Å². The Kier molecular flexibility index (Phi) is 5.81. The molecule has 2 aromatic carbocycles. The van der Waals surface area contributed by atoms with Crippen molar-refractivity contribution in [2.45, 2.75) is 25.9 Å². The normalized spacial score (nSPS) is 20.2. The topological polar surface area (TPSA) is 57.1 Å². The molecule has 0 unspecified atom stereocenters. The molecule has 0 bridgehead atoms. The summed E-state index contributed by atoms with van der Waals surface area (Å²) in [5, 5.41) is 3.07. The van der Waals surface area contributed by atoms with Gasteiger partial charge in [-0.25, -0.2) is 4.79 Å². The van der Waals surface area contributed by atoms with Gasteiger partial charge in [0.15, 0.2) is 0 Å². The van der Waals surface area contributed by atoms with Gasteiger partial charge >= 0.3 is 6.03 Å². The molecule has 0 aromatic heterocycles. The Balaban J connectivity index is 1.26. The highest BCUT2D eigenvalue weighted by atomic mass is 16.2. The number of aryl methyl sites for hydroxylation is 1. The van der Waals surface area contributed by atoms with Gasteiger partial charge in [0.25, 0.3) is 0 Å². The molecule has 0 radical (unpaired) electrons. The van der Waals surface area contributed by atoms with Crippen LogP contribution in [-0.2, 0) is 11.3 Å². The third kappa shape index (κ3) is 4.77. The van der Waals surface area contributed by atoms with E-state index in [1.165, 1.54) is 16.0 Å². The number of quaternary nitrogens is 1. The molecule has 0 spiro atoms. The number of carbonyl (C=O) groups is 2. The molecule has 2 aliphatic rings. The monoisotopic (exact) mass is 393 g/mol. The number of anilines is 1. The SMILES string of the molecule is Cc1ccc(N2C[C@@H](NC(=O)N3CC[NH+](Cc4ccccc4)CC3)CC2=O)cc1. The number of carbonyl (C=O) groups excluding carboxylic acids is 2. The second kappa shape index (κ2) is 8.66. The first kappa shape index (κ1) is 19.5. The summed E-state index contributed by atoms with van der Waals surface area (Å²) < 4.78 is 0. The van der Waals surface area contributed by atoms with Crippen molar-refractivity contribution in [3.63, 3.8) is 0 Å². The van der Waals surface area contributed by atoms with Gasteiger partial charge in [0.2, 0.25) is 5.91 Å². The minimum Gasteiger partial charge on any atom is -0.333 e. The maximum atomic E-state index is 12.7. The summed E-state index contributed by atoms with van der Waals surface area (Å²) in [4.78, 5) is 30.2. The van der Waals surface area contributed by atoms with Gasteiger partial charge in [-0.05, 0) is 19.1 Å². The predicted molar refractivity (Wildman–Crippen MR) is 113 cm³/mol. The van der Waals surface area contributed by atoms with Crippen LogP contribution in [0.15, 0.2) is 54.6 Å². The molecule has 3 amide bonds. The van der Waals surface area contributed by atoms with Crippen LogP contribution in [0.3, 0.4) is 0 Å². The first-order valence-corrected chi connectivity index (χ1v) is 10.4. The Morgan fingerprint density at radius 2 is 1.76 bits per heavy atom. The predicted octanol–water partition coefficient (Wildman–Crippen LogP) is 1.21. The lowest BCUT2D eigenvalue weighted by molar-refractivity contribution is -0.917. The molecule has 2 fully saturated rings. The Hall–Kier alpha value is -2.86. The highest BCUT2D eigenvalue weighted by Crippen LogP contribution is 2.22. The van der Waals surface area contributed by atoms with Crippen molar-refractivity contribution in [2.24, 2.45) is 0 Å². The van der Waals surface area contributed by atoms with Gasteiger partial charge in [-0.2, -0.15) is 0 Å². The van der Waals surface area contributed by atoms with Crippen LogP contribution in [0, 0.1) is 6.92 Å². The van der Waals surface area contributed by atoms with Crippen LogP contribution < -0.4 is 15.1 Å². The molecule has 4 rings (SSSR count). The third-order valence-electron chi connectivity index (χ3n) is 5.85. The summed E-state index contributed by atoms with van der Waals surface area (Å²) in [5.74, 6) is 0.0660. The highest BCUT2D eigenvalue weighted by molar-refractivity contribution is 5.96. The molecule has 2 saturated heterocycles. The van der Waals surface area contributed by atoms with Crippen molar-refractivity contribution in [2.75, 3.05) is 37.6 Å². The van der Waals surface area contributed by atoms with Crippen molar-refractivity contribution in [3.8, 4) is 0 Å². The third-order valence-corrected chi connectivity index (χ3v) is 5.85. The van der Waals surface area contributed by atoms with Crippen LogP contribution in [0.25, 0.3) is 0 Å². The number of nitrogens with one attached hydrogen (secondary N) is 2. The van der Waals surface area contributed by atoms with Gasteiger partial charge in [-0.15, -0.1) is 0 Å². The summed E-state index contributed by atoms with van der Waals surface area (Å²) >= 11 is 0. The lowest BCUT2D eigenvalue weighted by Crippen LogP contribution is -3.13. The van der Waals surface area contributed by atoms with Crippen molar-refractivity contribution in [1.82, 2.24) is 10.2 Å². The second-order valence-electron chi connectivity index (χ2n) is 8.09. The van der Waals surface area contributed by atoms with Crippen LogP contribution in [0.4, 0.5) is 10.5 Å². The highest BCUT2D eigenvalue weighted by Gasteiger charge is 2.33. The molecule has 0 saturated carbocycles. The number of rotatable bonds is 4. The van der Waals surface area contributed by atoms with Crippen LogP contribution in [0.1, 0.15) is 17.5 Å². The number of benzene rings is 2. The number of nitrogens with zero attached hydrogens (tertiary/aromatic N) is 2. The second-order valence-corrected chi connectivity index (χ2v) is 8.09. The largest absolute Gasteiger partial charge is 0.333 e. The number of hydrogen-bond donors (Lipinski definition) is 2. The van der Waals surface area contributed by atoms with E-state index in [-0.39, 0.29) is 18.0 Å². The van der Waals surface area contributed by atoms with E-state index in [9.17, 15) is 9.59 Å². The quantitative estimate of drug-likeness (QED) is 0.821. The smallest absolute Gasteiger partial charge is 0.318 e. The molecule has 0 aliphatic carbocycles. The molecular formula is C23H29N4O2+. The fourth-order valence-electron chi connectivity index (χ4n) is 4.13. The molecule has 2 aromatic rings. The van der Waals surface area contributed by atoms with E-state index in [4.69, 9.17) is 0 Å². The molecule has 29 heavy (non-hydrogen) atoms. The first-order valence-electron chi connectivity index (χ1n) is 10.4. The molecule has 6 nitrogen and oxygen atoms in total. The first-order chi connectivity index (χ1) is 14.1. The van der Waals surface area contributed by atoms with E-state index in [0.717, 1.165) is 38.4 Å². The van der Waals surface area contributed by atoms with Gasteiger partial charge in [0.1, 0.15) is 6.54 Å². The van der Waals surface area contributed by atoms with E-state index in [1.54, 1.807) is 4.90 Å². The molecule has 6 heteroatoms. The zero-order valence-corrected chi connectivity index (χ0v) is 16.9. The van der Waals surface area contributed by atoms with Crippen LogP contribution in [0.5, 0.6) is 0 Å². The number of amides is 3. The minimum absolute atomic E-state index is 0.0488. The summed E-state index contributed by atoms with van der Waals surface area (Å²) in [6, 6.07) is 18.2. The maximum absolute atomic E-state index is 12.7. The zero-order chi connectivity index (χ0) is 20.2. The van der Waals surface area contributed by atoms with Crippen molar-refractivity contribution >= 4 is 17.6 Å². The Bertz CT molecular complexity index is 845. The van der Waals surface area contributed by atoms with E-state index < -0.39 is 0 Å². The van der Waals surface area contributed by atoms with Gasteiger partial charge < -0.3 is 20.0 Å². The van der Waals surface area contributed by atoms with E-state index in [2.05, 4.69) is 29.6 Å². The van der Waals surface area contributed by atoms with Crippen LogP contribution >= 0.6 is 0 Å².